The van der Waals surface area contributed by atoms with Crippen LogP contribution in [-0.4, -0.2) is 18.9 Å². The highest BCUT2D eigenvalue weighted by molar-refractivity contribution is 5.81. The summed E-state index contributed by atoms with van der Waals surface area (Å²) < 4.78 is 5.07. The van der Waals surface area contributed by atoms with Crippen molar-refractivity contribution < 1.29 is 0 Å². The number of aromatic nitrogens is 4. The van der Waals surface area contributed by atoms with E-state index in [0.717, 1.165) is 16.6 Å². The Bertz CT molecular complexity index is 763. The van der Waals surface area contributed by atoms with Gasteiger partial charge in [0, 0.05) is 31.9 Å². The first-order chi connectivity index (χ1) is 8.66. The number of benzene rings is 1. The molecule has 5 heteroatoms. The van der Waals surface area contributed by atoms with Crippen LogP contribution in [-0.2, 0) is 20.6 Å². The van der Waals surface area contributed by atoms with Crippen LogP contribution in [0, 0.1) is 0 Å². The lowest BCUT2D eigenvalue weighted by Crippen LogP contribution is -2.22. The second kappa shape index (κ2) is 3.87. The zero-order valence-corrected chi connectivity index (χ0v) is 10.4. The molecule has 3 rings (SSSR count). The number of aryl methyl sites for hydroxylation is 2. The van der Waals surface area contributed by atoms with Gasteiger partial charge in [-0.15, -0.1) is 0 Å². The Morgan fingerprint density at radius 2 is 1.94 bits per heavy atom. The van der Waals surface area contributed by atoms with Gasteiger partial charge in [0.25, 0.3) is 0 Å². The van der Waals surface area contributed by atoms with E-state index in [1.165, 1.54) is 0 Å². The first-order valence-corrected chi connectivity index (χ1v) is 5.79. The molecule has 0 atom stereocenters. The van der Waals surface area contributed by atoms with Crippen LogP contribution in [0.15, 0.2) is 41.5 Å². The van der Waals surface area contributed by atoms with Crippen LogP contribution in [0.4, 0.5) is 0 Å². The Labute approximate surface area is 104 Å². The standard InChI is InChI=1S/C13H14N4O/c1-15-7-8-17(13(15)18)9-11-10-5-3-4-6-12(10)16(2)14-11/h3-8H,9H2,1-2H3. The van der Waals surface area contributed by atoms with E-state index < -0.39 is 0 Å². The fourth-order valence-electron chi connectivity index (χ4n) is 2.20. The van der Waals surface area contributed by atoms with Gasteiger partial charge in [-0.1, -0.05) is 18.2 Å². The third-order valence-electron chi connectivity index (χ3n) is 3.17. The Morgan fingerprint density at radius 1 is 1.17 bits per heavy atom. The highest BCUT2D eigenvalue weighted by atomic mass is 16.1. The smallest absolute Gasteiger partial charge is 0.302 e. The number of para-hydroxylation sites is 1. The maximum atomic E-state index is 11.8. The van der Waals surface area contributed by atoms with Gasteiger partial charge in [0.05, 0.1) is 17.8 Å². The zero-order valence-electron chi connectivity index (χ0n) is 10.4. The summed E-state index contributed by atoms with van der Waals surface area (Å²) in [6, 6.07) is 8.04. The third kappa shape index (κ3) is 1.55. The van der Waals surface area contributed by atoms with E-state index in [9.17, 15) is 4.79 Å². The number of hydrogen-bond donors (Lipinski definition) is 0. The summed E-state index contributed by atoms with van der Waals surface area (Å²) in [6.45, 7) is 0.501. The summed E-state index contributed by atoms with van der Waals surface area (Å²) >= 11 is 0. The molecule has 18 heavy (non-hydrogen) atoms. The first kappa shape index (κ1) is 10.8. The lowest BCUT2D eigenvalue weighted by atomic mass is 10.2. The van der Waals surface area contributed by atoms with Crippen LogP contribution >= 0.6 is 0 Å². The maximum Gasteiger partial charge on any atom is 0.328 e. The largest absolute Gasteiger partial charge is 0.328 e. The Hall–Kier alpha value is -2.30. The van der Waals surface area contributed by atoms with Crippen molar-refractivity contribution in [2.45, 2.75) is 6.54 Å². The minimum absolute atomic E-state index is 0.0234. The quantitative estimate of drug-likeness (QED) is 0.676. The molecule has 3 aromatic rings. The van der Waals surface area contributed by atoms with E-state index in [1.807, 2.05) is 36.0 Å². The number of hydrogen-bond acceptors (Lipinski definition) is 2. The highest BCUT2D eigenvalue weighted by Gasteiger charge is 2.09. The van der Waals surface area contributed by atoms with Crippen molar-refractivity contribution >= 4 is 10.9 Å². The van der Waals surface area contributed by atoms with Crippen molar-refractivity contribution in [1.29, 1.82) is 0 Å². The van der Waals surface area contributed by atoms with Gasteiger partial charge in [-0.3, -0.25) is 9.25 Å². The van der Waals surface area contributed by atoms with E-state index in [1.54, 1.807) is 28.6 Å². The molecule has 0 unspecified atom stereocenters. The van der Waals surface area contributed by atoms with Gasteiger partial charge in [-0.05, 0) is 6.07 Å². The van der Waals surface area contributed by atoms with Crippen molar-refractivity contribution in [1.82, 2.24) is 18.9 Å². The monoisotopic (exact) mass is 242 g/mol. The van der Waals surface area contributed by atoms with E-state index in [0.29, 0.717) is 6.54 Å². The van der Waals surface area contributed by atoms with Crippen molar-refractivity contribution in [3.63, 3.8) is 0 Å². The van der Waals surface area contributed by atoms with Gasteiger partial charge in [-0.25, -0.2) is 4.79 Å². The van der Waals surface area contributed by atoms with E-state index in [4.69, 9.17) is 0 Å². The summed E-state index contributed by atoms with van der Waals surface area (Å²) in [5.74, 6) is 0. The van der Waals surface area contributed by atoms with Crippen LogP contribution in [0.1, 0.15) is 5.69 Å². The molecule has 0 aliphatic rings. The SMILES string of the molecule is Cn1ccn(Cc2nn(C)c3ccccc23)c1=O. The van der Waals surface area contributed by atoms with Crippen LogP contribution < -0.4 is 5.69 Å². The van der Waals surface area contributed by atoms with Crippen molar-refractivity contribution in [2.24, 2.45) is 14.1 Å². The molecule has 0 aliphatic carbocycles. The van der Waals surface area contributed by atoms with Gasteiger partial charge < -0.3 is 4.57 Å². The van der Waals surface area contributed by atoms with Crippen LogP contribution in [0.5, 0.6) is 0 Å². The molecular formula is C13H14N4O. The first-order valence-electron chi connectivity index (χ1n) is 5.79. The summed E-state index contributed by atoms with van der Waals surface area (Å²) in [5.41, 5.74) is 1.97. The fourth-order valence-corrected chi connectivity index (χ4v) is 2.20. The molecular weight excluding hydrogens is 228 g/mol. The second-order valence-corrected chi connectivity index (χ2v) is 4.41. The molecule has 0 bridgehead atoms. The normalized spacial score (nSPS) is 11.2. The number of imidazole rings is 1. The Kier molecular flexibility index (Phi) is 2.33. The molecule has 0 saturated carbocycles. The molecule has 2 aromatic heterocycles. The van der Waals surface area contributed by atoms with Gasteiger partial charge >= 0.3 is 5.69 Å². The molecule has 0 aliphatic heterocycles. The lowest BCUT2D eigenvalue weighted by molar-refractivity contribution is 0.682. The molecule has 0 N–H and O–H groups in total. The highest BCUT2D eigenvalue weighted by Crippen LogP contribution is 2.17. The number of rotatable bonds is 2. The van der Waals surface area contributed by atoms with Gasteiger partial charge in [0.15, 0.2) is 0 Å². The molecule has 0 amide bonds. The number of nitrogens with zero attached hydrogens (tertiary/aromatic N) is 4. The lowest BCUT2D eigenvalue weighted by Gasteiger charge is -1.98. The van der Waals surface area contributed by atoms with E-state index >= 15 is 0 Å². The zero-order chi connectivity index (χ0) is 12.7. The topological polar surface area (TPSA) is 44.8 Å². The van der Waals surface area contributed by atoms with Crippen LogP contribution in [0.2, 0.25) is 0 Å². The second-order valence-electron chi connectivity index (χ2n) is 4.41. The van der Waals surface area contributed by atoms with Crippen molar-refractivity contribution in [3.8, 4) is 0 Å². The van der Waals surface area contributed by atoms with Gasteiger partial charge in [0.2, 0.25) is 0 Å². The van der Waals surface area contributed by atoms with Gasteiger partial charge in [0.1, 0.15) is 0 Å². The fraction of sp³-hybridized carbons (Fsp3) is 0.231. The number of fused-ring (bicyclic) bond motifs is 1. The molecule has 0 saturated heterocycles. The molecule has 0 spiro atoms. The third-order valence-corrected chi connectivity index (χ3v) is 3.17. The molecule has 0 radical (unpaired) electrons. The summed E-state index contributed by atoms with van der Waals surface area (Å²) in [6.07, 6.45) is 3.54. The molecule has 2 heterocycles. The summed E-state index contributed by atoms with van der Waals surface area (Å²) in [7, 11) is 3.66. The van der Waals surface area contributed by atoms with Crippen LogP contribution in [0.3, 0.4) is 0 Å². The van der Waals surface area contributed by atoms with Crippen molar-refractivity contribution in [2.75, 3.05) is 0 Å². The molecule has 0 fully saturated rings. The molecule has 92 valence electrons. The minimum atomic E-state index is -0.0234. The van der Waals surface area contributed by atoms with E-state index in [-0.39, 0.29) is 5.69 Å². The summed E-state index contributed by atoms with van der Waals surface area (Å²) in [4.78, 5) is 11.8. The predicted octanol–water partition coefficient (Wildman–Crippen LogP) is 1.12. The van der Waals surface area contributed by atoms with Crippen LogP contribution in [0.25, 0.3) is 10.9 Å². The average Bonchev–Trinajstić information content (AvgIpc) is 2.86. The predicted molar refractivity (Wildman–Crippen MR) is 69.5 cm³/mol. The molecule has 5 nitrogen and oxygen atoms in total. The molecule has 1 aromatic carbocycles. The minimum Gasteiger partial charge on any atom is -0.302 e. The van der Waals surface area contributed by atoms with Gasteiger partial charge in [-0.2, -0.15) is 5.10 Å². The average molecular weight is 242 g/mol. The Morgan fingerprint density at radius 3 is 2.67 bits per heavy atom. The van der Waals surface area contributed by atoms with E-state index in [2.05, 4.69) is 5.10 Å². The maximum absolute atomic E-state index is 11.8. The summed E-state index contributed by atoms with van der Waals surface area (Å²) in [5, 5.41) is 5.58. The Balaban J connectivity index is 2.11. The van der Waals surface area contributed by atoms with Crippen molar-refractivity contribution in [3.05, 3.63) is 52.8 Å².